The summed E-state index contributed by atoms with van der Waals surface area (Å²) in [6.45, 7) is 6.78. The van der Waals surface area contributed by atoms with Gasteiger partial charge in [0.05, 0.1) is 25.4 Å². The Morgan fingerprint density at radius 1 is 1.36 bits per heavy atom. The number of aliphatic hydroxyl groups is 1. The zero-order chi connectivity index (χ0) is 10.9. The Kier molecular flexibility index (Phi) is 8.08. The van der Waals surface area contributed by atoms with Crippen molar-refractivity contribution >= 4 is 0 Å². The molecule has 0 rings (SSSR count). The SMILES string of the molecule is CCCNCC(C)(O)COCCOC. The van der Waals surface area contributed by atoms with E-state index in [1.165, 1.54) is 0 Å². The Balaban J connectivity index is 3.40. The largest absolute Gasteiger partial charge is 0.386 e. The molecule has 0 saturated carbocycles. The summed E-state index contributed by atoms with van der Waals surface area (Å²) in [7, 11) is 1.63. The zero-order valence-corrected chi connectivity index (χ0v) is 9.51. The number of nitrogens with one attached hydrogen (secondary N) is 1. The molecule has 0 radical (unpaired) electrons. The van der Waals surface area contributed by atoms with Gasteiger partial charge in [-0.2, -0.15) is 0 Å². The van der Waals surface area contributed by atoms with Gasteiger partial charge in [0, 0.05) is 13.7 Å². The summed E-state index contributed by atoms with van der Waals surface area (Å²) >= 11 is 0. The predicted molar refractivity (Wildman–Crippen MR) is 56.5 cm³/mol. The van der Waals surface area contributed by atoms with E-state index in [9.17, 15) is 5.11 Å². The van der Waals surface area contributed by atoms with E-state index in [0.717, 1.165) is 13.0 Å². The van der Waals surface area contributed by atoms with Crippen molar-refractivity contribution in [2.45, 2.75) is 25.9 Å². The van der Waals surface area contributed by atoms with E-state index >= 15 is 0 Å². The van der Waals surface area contributed by atoms with Gasteiger partial charge in [0.15, 0.2) is 0 Å². The summed E-state index contributed by atoms with van der Waals surface area (Å²) < 4.78 is 10.1. The van der Waals surface area contributed by atoms with Crippen LogP contribution in [0.4, 0.5) is 0 Å². The maximum absolute atomic E-state index is 9.81. The van der Waals surface area contributed by atoms with Crippen LogP contribution < -0.4 is 5.32 Å². The quantitative estimate of drug-likeness (QED) is 0.535. The lowest BCUT2D eigenvalue weighted by Gasteiger charge is -2.23. The van der Waals surface area contributed by atoms with Gasteiger partial charge in [-0.25, -0.2) is 0 Å². The summed E-state index contributed by atoms with van der Waals surface area (Å²) in [5.41, 5.74) is -0.789. The highest BCUT2D eigenvalue weighted by molar-refractivity contribution is 4.74. The van der Waals surface area contributed by atoms with Crippen molar-refractivity contribution in [1.29, 1.82) is 0 Å². The van der Waals surface area contributed by atoms with Crippen LogP contribution in [-0.4, -0.2) is 50.7 Å². The predicted octanol–water partition coefficient (Wildman–Crippen LogP) is 0.400. The molecule has 0 saturated heterocycles. The van der Waals surface area contributed by atoms with Crippen molar-refractivity contribution in [3.8, 4) is 0 Å². The molecule has 1 atom stereocenters. The highest BCUT2D eigenvalue weighted by Crippen LogP contribution is 2.01. The maximum atomic E-state index is 9.81. The number of methoxy groups -OCH3 is 1. The first kappa shape index (κ1) is 13.8. The molecule has 0 heterocycles. The van der Waals surface area contributed by atoms with Crippen molar-refractivity contribution in [2.24, 2.45) is 0 Å². The van der Waals surface area contributed by atoms with Crippen LogP contribution in [0.1, 0.15) is 20.3 Å². The van der Waals surface area contributed by atoms with E-state index in [1.54, 1.807) is 14.0 Å². The first-order chi connectivity index (χ1) is 6.62. The molecule has 2 N–H and O–H groups in total. The fraction of sp³-hybridized carbons (Fsp3) is 1.00. The average molecular weight is 205 g/mol. The van der Waals surface area contributed by atoms with Crippen molar-refractivity contribution in [3.05, 3.63) is 0 Å². The second-order valence-electron chi connectivity index (χ2n) is 3.72. The second kappa shape index (κ2) is 8.17. The smallest absolute Gasteiger partial charge is 0.0975 e. The van der Waals surface area contributed by atoms with E-state index in [-0.39, 0.29) is 0 Å². The van der Waals surface area contributed by atoms with Crippen molar-refractivity contribution in [2.75, 3.05) is 40.0 Å². The van der Waals surface area contributed by atoms with Gasteiger partial charge in [0.1, 0.15) is 0 Å². The molecule has 86 valence electrons. The van der Waals surface area contributed by atoms with Gasteiger partial charge in [-0.1, -0.05) is 6.92 Å². The molecular weight excluding hydrogens is 182 g/mol. The number of hydrogen-bond donors (Lipinski definition) is 2. The molecule has 4 heteroatoms. The minimum atomic E-state index is -0.789. The highest BCUT2D eigenvalue weighted by Gasteiger charge is 2.19. The van der Waals surface area contributed by atoms with Crippen LogP contribution in [0.3, 0.4) is 0 Å². The first-order valence-corrected chi connectivity index (χ1v) is 5.12. The molecule has 0 aromatic carbocycles. The standard InChI is InChI=1S/C10H23NO3/c1-4-5-11-8-10(2,12)9-14-7-6-13-3/h11-12H,4-9H2,1-3H3. The molecule has 0 bridgehead atoms. The van der Waals surface area contributed by atoms with Gasteiger partial charge in [-0.3, -0.25) is 0 Å². The third-order valence-corrected chi connectivity index (χ3v) is 1.78. The van der Waals surface area contributed by atoms with E-state index in [2.05, 4.69) is 12.2 Å². The molecule has 0 fully saturated rings. The summed E-state index contributed by atoms with van der Waals surface area (Å²) in [5.74, 6) is 0. The molecule has 4 nitrogen and oxygen atoms in total. The van der Waals surface area contributed by atoms with Crippen molar-refractivity contribution in [3.63, 3.8) is 0 Å². The summed E-state index contributed by atoms with van der Waals surface area (Å²) in [5, 5.41) is 13.0. The Bertz CT molecular complexity index is 129. The first-order valence-electron chi connectivity index (χ1n) is 5.12. The Morgan fingerprint density at radius 2 is 2.07 bits per heavy atom. The lowest BCUT2D eigenvalue weighted by Crippen LogP contribution is -2.42. The summed E-state index contributed by atoms with van der Waals surface area (Å²) in [4.78, 5) is 0. The molecule has 1 unspecified atom stereocenters. The number of hydrogen-bond acceptors (Lipinski definition) is 4. The third kappa shape index (κ3) is 8.44. The molecule has 0 aliphatic carbocycles. The van der Waals surface area contributed by atoms with Gasteiger partial charge in [-0.05, 0) is 19.9 Å². The van der Waals surface area contributed by atoms with Crippen LogP contribution in [0.5, 0.6) is 0 Å². The molecule has 0 aromatic heterocycles. The molecule has 0 aromatic rings. The van der Waals surface area contributed by atoms with Crippen LogP contribution >= 0.6 is 0 Å². The van der Waals surface area contributed by atoms with Crippen molar-refractivity contribution in [1.82, 2.24) is 5.32 Å². The highest BCUT2D eigenvalue weighted by atomic mass is 16.5. The lowest BCUT2D eigenvalue weighted by molar-refractivity contribution is -0.0426. The molecular formula is C10H23NO3. The van der Waals surface area contributed by atoms with Gasteiger partial charge in [-0.15, -0.1) is 0 Å². The third-order valence-electron chi connectivity index (χ3n) is 1.78. The summed E-state index contributed by atoms with van der Waals surface area (Å²) in [6, 6.07) is 0. The fourth-order valence-corrected chi connectivity index (χ4v) is 1.02. The van der Waals surface area contributed by atoms with Crippen LogP contribution in [0.15, 0.2) is 0 Å². The Morgan fingerprint density at radius 3 is 2.64 bits per heavy atom. The molecule has 0 spiro atoms. The number of ether oxygens (including phenoxy) is 2. The van der Waals surface area contributed by atoms with E-state index in [1.807, 2.05) is 0 Å². The summed E-state index contributed by atoms with van der Waals surface area (Å²) in [6.07, 6.45) is 1.07. The van der Waals surface area contributed by atoms with Crippen LogP contribution in [0, 0.1) is 0 Å². The molecule has 0 aliphatic heterocycles. The van der Waals surface area contributed by atoms with Crippen LogP contribution in [0.2, 0.25) is 0 Å². The Hall–Kier alpha value is -0.160. The number of rotatable bonds is 9. The zero-order valence-electron chi connectivity index (χ0n) is 9.51. The van der Waals surface area contributed by atoms with Gasteiger partial charge < -0.3 is 19.9 Å². The van der Waals surface area contributed by atoms with E-state index < -0.39 is 5.60 Å². The maximum Gasteiger partial charge on any atom is 0.0975 e. The topological polar surface area (TPSA) is 50.7 Å². The second-order valence-corrected chi connectivity index (χ2v) is 3.72. The van der Waals surface area contributed by atoms with Crippen molar-refractivity contribution < 1.29 is 14.6 Å². The fourth-order valence-electron chi connectivity index (χ4n) is 1.02. The average Bonchev–Trinajstić information content (AvgIpc) is 2.13. The van der Waals surface area contributed by atoms with E-state index in [0.29, 0.717) is 26.4 Å². The minimum absolute atomic E-state index is 0.340. The normalized spacial score (nSPS) is 15.4. The minimum Gasteiger partial charge on any atom is -0.386 e. The van der Waals surface area contributed by atoms with Crippen LogP contribution in [-0.2, 0) is 9.47 Å². The molecule has 0 amide bonds. The van der Waals surface area contributed by atoms with Gasteiger partial charge >= 0.3 is 0 Å². The van der Waals surface area contributed by atoms with E-state index in [4.69, 9.17) is 9.47 Å². The molecule has 0 aliphatic rings. The van der Waals surface area contributed by atoms with Gasteiger partial charge in [0.25, 0.3) is 0 Å². The Labute approximate surface area is 86.6 Å². The molecule has 14 heavy (non-hydrogen) atoms. The van der Waals surface area contributed by atoms with Gasteiger partial charge in [0.2, 0.25) is 0 Å². The van der Waals surface area contributed by atoms with Crippen LogP contribution in [0.25, 0.3) is 0 Å². The lowest BCUT2D eigenvalue weighted by atomic mass is 10.1. The monoisotopic (exact) mass is 205 g/mol.